The van der Waals surface area contributed by atoms with Crippen LogP contribution in [0.25, 0.3) is 0 Å². The predicted molar refractivity (Wildman–Crippen MR) is 77.8 cm³/mol. The van der Waals surface area contributed by atoms with E-state index >= 15 is 0 Å². The van der Waals surface area contributed by atoms with Gasteiger partial charge in [-0.15, -0.1) is 0 Å². The van der Waals surface area contributed by atoms with E-state index in [1.807, 2.05) is 6.92 Å². The van der Waals surface area contributed by atoms with Crippen molar-refractivity contribution in [2.75, 3.05) is 12.4 Å². The molecule has 1 amide bonds. The molecule has 0 saturated heterocycles. The number of nitrogens with one attached hydrogen (secondary N) is 2. The van der Waals surface area contributed by atoms with Crippen molar-refractivity contribution >= 4 is 23.2 Å². The lowest BCUT2D eigenvalue weighted by molar-refractivity contribution is 0.102. The van der Waals surface area contributed by atoms with Gasteiger partial charge in [0.2, 0.25) is 0 Å². The van der Waals surface area contributed by atoms with Gasteiger partial charge in [0, 0.05) is 29.5 Å². The average molecular weight is 293 g/mol. The van der Waals surface area contributed by atoms with Crippen molar-refractivity contribution in [1.29, 1.82) is 0 Å². The van der Waals surface area contributed by atoms with Gasteiger partial charge in [0.05, 0.1) is 12.8 Å². The Balaban J connectivity index is 2.35. The first-order valence-corrected chi connectivity index (χ1v) is 6.23. The molecule has 0 aliphatic heterocycles. The molecule has 0 atom stereocenters. The Bertz CT molecular complexity index is 710. The van der Waals surface area contributed by atoms with Crippen LogP contribution in [0.15, 0.2) is 35.4 Å². The largest absolute Gasteiger partial charge is 0.495 e. The molecule has 0 fully saturated rings. The lowest BCUT2D eigenvalue weighted by Crippen LogP contribution is -2.21. The second-order valence-electron chi connectivity index (χ2n) is 4.18. The average Bonchev–Trinajstić information content (AvgIpc) is 2.43. The molecule has 2 N–H and O–H groups in total. The van der Waals surface area contributed by atoms with Gasteiger partial charge in [-0.05, 0) is 18.6 Å². The van der Waals surface area contributed by atoms with Crippen molar-refractivity contribution in [2.24, 2.45) is 0 Å². The van der Waals surface area contributed by atoms with Crippen LogP contribution in [0, 0.1) is 6.92 Å². The zero-order valence-corrected chi connectivity index (χ0v) is 11.7. The Morgan fingerprint density at radius 1 is 1.40 bits per heavy atom. The second kappa shape index (κ2) is 5.79. The summed E-state index contributed by atoms with van der Waals surface area (Å²) in [5, 5.41) is 3.18. The smallest absolute Gasteiger partial charge is 0.261 e. The Morgan fingerprint density at radius 2 is 2.15 bits per heavy atom. The fourth-order valence-electron chi connectivity index (χ4n) is 1.71. The van der Waals surface area contributed by atoms with Crippen LogP contribution >= 0.6 is 11.6 Å². The number of benzene rings is 1. The lowest BCUT2D eigenvalue weighted by atomic mass is 10.2. The maximum atomic E-state index is 12.1. The van der Waals surface area contributed by atoms with E-state index in [-0.39, 0.29) is 11.0 Å². The maximum Gasteiger partial charge on any atom is 0.261 e. The van der Waals surface area contributed by atoms with Gasteiger partial charge in [0.1, 0.15) is 11.3 Å². The van der Waals surface area contributed by atoms with Crippen molar-refractivity contribution in [1.82, 2.24) is 4.98 Å². The Kier molecular flexibility index (Phi) is 4.10. The topological polar surface area (TPSA) is 71.2 Å². The standard InChI is InChI=1S/C14H13ClN2O3/c1-8-5-11(13(20-2)6-10(8)15)17-14(19)9-7-16-4-3-12(9)18/h3-7H,1-2H3,(H,16,18)(H,17,19). The summed E-state index contributed by atoms with van der Waals surface area (Å²) >= 11 is 6.00. The van der Waals surface area contributed by atoms with Crippen molar-refractivity contribution < 1.29 is 9.53 Å². The quantitative estimate of drug-likeness (QED) is 0.913. The molecule has 0 unspecified atom stereocenters. The number of rotatable bonds is 3. The number of carbonyl (C=O) groups excluding carboxylic acids is 1. The molecular weight excluding hydrogens is 280 g/mol. The summed E-state index contributed by atoms with van der Waals surface area (Å²) in [4.78, 5) is 26.4. The number of pyridine rings is 1. The molecule has 0 aliphatic rings. The number of amides is 1. The van der Waals surface area contributed by atoms with Crippen molar-refractivity contribution in [3.63, 3.8) is 0 Å². The molecule has 0 spiro atoms. The summed E-state index contributed by atoms with van der Waals surface area (Å²) in [6, 6.07) is 4.59. The monoisotopic (exact) mass is 292 g/mol. The van der Waals surface area contributed by atoms with E-state index in [9.17, 15) is 9.59 Å². The van der Waals surface area contributed by atoms with Crippen LogP contribution in [0.3, 0.4) is 0 Å². The number of methoxy groups -OCH3 is 1. The van der Waals surface area contributed by atoms with Crippen molar-refractivity contribution in [3.05, 3.63) is 57.0 Å². The first kappa shape index (κ1) is 14.1. The van der Waals surface area contributed by atoms with Gasteiger partial charge in [0.25, 0.3) is 5.91 Å². The van der Waals surface area contributed by atoms with E-state index in [0.717, 1.165) is 5.56 Å². The number of aromatic amines is 1. The van der Waals surface area contributed by atoms with Gasteiger partial charge in [-0.25, -0.2) is 0 Å². The van der Waals surface area contributed by atoms with Gasteiger partial charge in [-0.2, -0.15) is 0 Å². The van der Waals surface area contributed by atoms with Crippen LogP contribution in [0.1, 0.15) is 15.9 Å². The van der Waals surface area contributed by atoms with E-state index in [2.05, 4.69) is 10.3 Å². The minimum absolute atomic E-state index is 0.0298. The minimum Gasteiger partial charge on any atom is -0.495 e. The molecule has 0 bridgehead atoms. The fourth-order valence-corrected chi connectivity index (χ4v) is 1.87. The second-order valence-corrected chi connectivity index (χ2v) is 4.59. The maximum absolute atomic E-state index is 12.1. The molecule has 0 radical (unpaired) electrons. The number of aromatic nitrogens is 1. The van der Waals surface area contributed by atoms with Crippen LogP contribution < -0.4 is 15.5 Å². The highest BCUT2D eigenvalue weighted by molar-refractivity contribution is 6.31. The molecule has 2 rings (SSSR count). The zero-order chi connectivity index (χ0) is 14.7. The highest BCUT2D eigenvalue weighted by atomic mass is 35.5. The summed E-state index contributed by atoms with van der Waals surface area (Å²) in [5.41, 5.74) is 0.931. The predicted octanol–water partition coefficient (Wildman–Crippen LogP) is 2.60. The van der Waals surface area contributed by atoms with Crippen molar-refractivity contribution in [3.8, 4) is 5.75 Å². The van der Waals surface area contributed by atoms with Gasteiger partial charge < -0.3 is 15.0 Å². The van der Waals surface area contributed by atoms with E-state index in [0.29, 0.717) is 16.5 Å². The summed E-state index contributed by atoms with van der Waals surface area (Å²) in [7, 11) is 1.48. The number of halogens is 1. The summed E-state index contributed by atoms with van der Waals surface area (Å²) in [6.07, 6.45) is 2.82. The van der Waals surface area contributed by atoms with Gasteiger partial charge in [-0.3, -0.25) is 9.59 Å². The van der Waals surface area contributed by atoms with Crippen molar-refractivity contribution in [2.45, 2.75) is 6.92 Å². The van der Waals surface area contributed by atoms with Gasteiger partial charge in [0.15, 0.2) is 5.43 Å². The fraction of sp³-hybridized carbons (Fsp3) is 0.143. The molecule has 1 heterocycles. The molecule has 6 heteroatoms. The highest BCUT2D eigenvalue weighted by Gasteiger charge is 2.13. The number of hydrogen-bond acceptors (Lipinski definition) is 3. The first-order chi connectivity index (χ1) is 9.52. The van der Waals surface area contributed by atoms with Crippen LogP contribution in [-0.4, -0.2) is 18.0 Å². The number of aryl methyl sites for hydroxylation is 1. The van der Waals surface area contributed by atoms with Gasteiger partial charge >= 0.3 is 0 Å². The lowest BCUT2D eigenvalue weighted by Gasteiger charge is -2.12. The van der Waals surface area contributed by atoms with E-state index in [1.165, 1.54) is 25.6 Å². The third kappa shape index (κ3) is 2.83. The summed E-state index contributed by atoms with van der Waals surface area (Å²) in [6.45, 7) is 1.81. The molecule has 0 aliphatic carbocycles. The third-order valence-electron chi connectivity index (χ3n) is 2.80. The molecule has 1 aromatic heterocycles. The van der Waals surface area contributed by atoms with E-state index in [1.54, 1.807) is 12.1 Å². The van der Waals surface area contributed by atoms with Gasteiger partial charge in [-0.1, -0.05) is 11.6 Å². The molecule has 20 heavy (non-hydrogen) atoms. The third-order valence-corrected chi connectivity index (χ3v) is 3.20. The molecule has 5 nitrogen and oxygen atoms in total. The molecular formula is C14H13ClN2O3. The first-order valence-electron chi connectivity index (χ1n) is 5.85. The van der Waals surface area contributed by atoms with E-state index < -0.39 is 5.91 Å². The summed E-state index contributed by atoms with van der Waals surface area (Å²) < 4.78 is 5.16. The Hall–Kier alpha value is -2.27. The zero-order valence-electron chi connectivity index (χ0n) is 11.0. The summed E-state index contributed by atoms with van der Waals surface area (Å²) in [5.74, 6) is -0.0758. The van der Waals surface area contributed by atoms with Crippen LogP contribution in [0.2, 0.25) is 5.02 Å². The van der Waals surface area contributed by atoms with Crippen LogP contribution in [0.4, 0.5) is 5.69 Å². The molecule has 1 aromatic carbocycles. The number of anilines is 1. The normalized spacial score (nSPS) is 10.2. The van der Waals surface area contributed by atoms with E-state index in [4.69, 9.17) is 16.3 Å². The van der Waals surface area contributed by atoms with Crippen LogP contribution in [0.5, 0.6) is 5.75 Å². The van der Waals surface area contributed by atoms with Crippen LogP contribution in [-0.2, 0) is 0 Å². The number of carbonyl (C=O) groups is 1. The Labute approximate surface area is 120 Å². The molecule has 104 valence electrons. The molecule has 2 aromatic rings. The number of hydrogen-bond donors (Lipinski definition) is 2. The molecule has 0 saturated carbocycles. The minimum atomic E-state index is -0.508. The SMILES string of the molecule is COc1cc(Cl)c(C)cc1NC(=O)c1c[nH]ccc1=O. The Morgan fingerprint density at radius 3 is 2.80 bits per heavy atom. The number of H-pyrrole nitrogens is 1. The number of ether oxygens (including phenoxy) is 1. The highest BCUT2D eigenvalue weighted by Crippen LogP contribution is 2.31.